The number of aliphatic hydroxyl groups excluding tert-OH is 1. The predicted molar refractivity (Wildman–Crippen MR) is 87.3 cm³/mol. The monoisotopic (exact) mass is 370 g/mol. The second-order valence-corrected chi connectivity index (χ2v) is 5.54. The molecule has 26 heavy (non-hydrogen) atoms. The van der Waals surface area contributed by atoms with Gasteiger partial charge >= 0.3 is 5.97 Å². The van der Waals surface area contributed by atoms with E-state index in [1.54, 1.807) is 0 Å². The molecular formula is C14H22N6O6. The van der Waals surface area contributed by atoms with Crippen LogP contribution in [0.25, 0.3) is 0 Å². The number of carboxylic acids is 1. The minimum atomic E-state index is -1.40. The Morgan fingerprint density at radius 3 is 2.35 bits per heavy atom. The van der Waals surface area contributed by atoms with Crippen molar-refractivity contribution in [2.75, 3.05) is 6.61 Å². The summed E-state index contributed by atoms with van der Waals surface area (Å²) in [6.07, 6.45) is 2.56. The first kappa shape index (κ1) is 21.1. The third-order valence-electron chi connectivity index (χ3n) is 3.45. The molecule has 0 aliphatic rings. The molecule has 0 bridgehead atoms. The average Bonchev–Trinajstić information content (AvgIpc) is 3.09. The van der Waals surface area contributed by atoms with Crippen molar-refractivity contribution in [3.05, 3.63) is 18.2 Å². The Balaban J connectivity index is 2.64. The van der Waals surface area contributed by atoms with Crippen molar-refractivity contribution in [3.63, 3.8) is 0 Å². The molecule has 0 aliphatic carbocycles. The number of amides is 3. The average molecular weight is 370 g/mol. The number of aromatic nitrogens is 2. The van der Waals surface area contributed by atoms with E-state index in [2.05, 4.69) is 20.6 Å². The van der Waals surface area contributed by atoms with Crippen molar-refractivity contribution in [3.8, 4) is 0 Å². The van der Waals surface area contributed by atoms with Gasteiger partial charge in [0.2, 0.25) is 17.7 Å². The molecule has 0 saturated carbocycles. The molecule has 0 aromatic carbocycles. The number of rotatable bonds is 11. The molecule has 0 aliphatic heterocycles. The van der Waals surface area contributed by atoms with Gasteiger partial charge in [-0.05, 0) is 6.42 Å². The summed E-state index contributed by atoms with van der Waals surface area (Å²) in [5.41, 5.74) is 11.0. The molecule has 0 fully saturated rings. The van der Waals surface area contributed by atoms with Crippen molar-refractivity contribution in [2.24, 2.45) is 11.5 Å². The number of carbonyl (C=O) groups is 4. The fourth-order valence-corrected chi connectivity index (χ4v) is 1.99. The van der Waals surface area contributed by atoms with E-state index in [0.717, 1.165) is 0 Å². The minimum Gasteiger partial charge on any atom is -0.480 e. The molecule has 0 unspecified atom stereocenters. The molecule has 12 heteroatoms. The van der Waals surface area contributed by atoms with Gasteiger partial charge in [-0.1, -0.05) is 0 Å². The highest BCUT2D eigenvalue weighted by molar-refractivity contribution is 5.92. The second kappa shape index (κ2) is 10.1. The molecule has 0 radical (unpaired) electrons. The van der Waals surface area contributed by atoms with E-state index >= 15 is 0 Å². The summed E-state index contributed by atoms with van der Waals surface area (Å²) in [7, 11) is 0. The van der Waals surface area contributed by atoms with Crippen LogP contribution in [0.1, 0.15) is 18.5 Å². The lowest BCUT2D eigenvalue weighted by molar-refractivity contribution is -0.142. The number of carboxylic acid groups (broad SMARTS) is 1. The van der Waals surface area contributed by atoms with Crippen molar-refractivity contribution < 1.29 is 29.4 Å². The number of aliphatic carboxylic acids is 1. The summed E-state index contributed by atoms with van der Waals surface area (Å²) in [6.45, 7) is -0.767. The summed E-state index contributed by atoms with van der Waals surface area (Å²) in [6, 6.07) is -3.80. The van der Waals surface area contributed by atoms with Crippen molar-refractivity contribution >= 4 is 23.7 Å². The maximum absolute atomic E-state index is 12.2. The van der Waals surface area contributed by atoms with Crippen molar-refractivity contribution in [1.29, 1.82) is 0 Å². The number of nitrogens with one attached hydrogen (secondary N) is 3. The SMILES string of the molecule is NC(=O)CC[C@H](N)C(=O)N[C@@H](CO)C(=O)N[C@@H](Cc1cnc[nH]1)C(=O)O. The number of primary amides is 1. The Hall–Kier alpha value is -2.99. The number of nitrogens with zero attached hydrogens (tertiary/aromatic N) is 1. The Morgan fingerprint density at radius 1 is 1.19 bits per heavy atom. The standard InChI is InChI=1S/C14H22N6O6/c15-8(1-2-11(16)22)12(23)20-10(5-21)13(24)19-9(14(25)26)3-7-4-17-6-18-7/h4,6,8-10,21H,1-3,5,15H2,(H2,16,22)(H,17,18)(H,19,24)(H,20,23)(H,25,26)/t8-,9-,10-/m0/s1. The van der Waals surface area contributed by atoms with E-state index in [0.29, 0.717) is 5.69 Å². The van der Waals surface area contributed by atoms with Crippen LogP contribution in [0, 0.1) is 0 Å². The van der Waals surface area contributed by atoms with Gasteiger partial charge in [0.15, 0.2) is 0 Å². The van der Waals surface area contributed by atoms with Gasteiger partial charge in [0.25, 0.3) is 0 Å². The van der Waals surface area contributed by atoms with Crippen LogP contribution in [0.5, 0.6) is 0 Å². The first-order chi connectivity index (χ1) is 12.2. The lowest BCUT2D eigenvalue weighted by Crippen LogP contribution is -2.56. The lowest BCUT2D eigenvalue weighted by Gasteiger charge is -2.21. The minimum absolute atomic E-state index is 0.0293. The molecule has 12 nitrogen and oxygen atoms in total. The molecule has 1 aromatic heterocycles. The van der Waals surface area contributed by atoms with Gasteiger partial charge in [0.05, 0.1) is 19.0 Å². The first-order valence-corrected chi connectivity index (χ1v) is 7.70. The van der Waals surface area contributed by atoms with E-state index in [9.17, 15) is 29.4 Å². The number of carbonyl (C=O) groups excluding carboxylic acids is 3. The lowest BCUT2D eigenvalue weighted by atomic mass is 10.1. The molecule has 3 amide bonds. The number of nitrogens with two attached hydrogens (primary N) is 2. The zero-order valence-electron chi connectivity index (χ0n) is 13.8. The van der Waals surface area contributed by atoms with Crippen LogP contribution in [0.15, 0.2) is 12.5 Å². The van der Waals surface area contributed by atoms with Gasteiger partial charge in [-0.3, -0.25) is 14.4 Å². The van der Waals surface area contributed by atoms with Gasteiger partial charge in [-0.25, -0.2) is 9.78 Å². The largest absolute Gasteiger partial charge is 0.480 e. The van der Waals surface area contributed by atoms with Gasteiger partial charge in [-0.2, -0.15) is 0 Å². The number of aromatic amines is 1. The number of aliphatic hydroxyl groups is 1. The summed E-state index contributed by atoms with van der Waals surface area (Å²) in [4.78, 5) is 52.5. The Labute approximate surface area is 148 Å². The smallest absolute Gasteiger partial charge is 0.326 e. The van der Waals surface area contributed by atoms with Crippen LogP contribution < -0.4 is 22.1 Å². The van der Waals surface area contributed by atoms with Gasteiger partial charge in [0.1, 0.15) is 12.1 Å². The summed E-state index contributed by atoms with van der Waals surface area (Å²) >= 11 is 0. The Bertz CT molecular complexity index is 634. The van der Waals surface area contributed by atoms with Crippen LogP contribution >= 0.6 is 0 Å². The molecule has 0 saturated heterocycles. The topological polar surface area (TPSA) is 214 Å². The van der Waals surface area contributed by atoms with Crippen LogP contribution in [0.4, 0.5) is 0 Å². The van der Waals surface area contributed by atoms with E-state index in [-0.39, 0.29) is 19.3 Å². The normalized spacial score (nSPS) is 14.1. The number of hydrogen-bond acceptors (Lipinski definition) is 7. The first-order valence-electron chi connectivity index (χ1n) is 7.70. The summed E-state index contributed by atoms with van der Waals surface area (Å²) < 4.78 is 0. The van der Waals surface area contributed by atoms with Crippen molar-refractivity contribution in [1.82, 2.24) is 20.6 Å². The van der Waals surface area contributed by atoms with Gasteiger partial charge in [0, 0.05) is 24.7 Å². The van der Waals surface area contributed by atoms with Crippen LogP contribution in [0.2, 0.25) is 0 Å². The zero-order valence-corrected chi connectivity index (χ0v) is 13.8. The maximum atomic E-state index is 12.2. The number of imidazole rings is 1. The highest BCUT2D eigenvalue weighted by atomic mass is 16.4. The Kier molecular flexibility index (Phi) is 8.18. The number of H-pyrrole nitrogens is 1. The molecule has 3 atom stereocenters. The van der Waals surface area contributed by atoms with Crippen molar-refractivity contribution in [2.45, 2.75) is 37.4 Å². The molecule has 1 heterocycles. The molecular weight excluding hydrogens is 348 g/mol. The number of hydrogen-bond donors (Lipinski definition) is 7. The van der Waals surface area contributed by atoms with E-state index < -0.39 is 48.4 Å². The quantitative estimate of drug-likeness (QED) is 0.208. The molecule has 144 valence electrons. The molecule has 9 N–H and O–H groups in total. The van der Waals surface area contributed by atoms with E-state index in [1.165, 1.54) is 12.5 Å². The second-order valence-electron chi connectivity index (χ2n) is 5.54. The van der Waals surface area contributed by atoms with Crippen LogP contribution in [-0.2, 0) is 25.6 Å². The molecule has 1 aromatic rings. The summed E-state index contributed by atoms with van der Waals surface area (Å²) in [5, 5.41) is 22.9. The van der Waals surface area contributed by atoms with Crippen LogP contribution in [-0.4, -0.2) is 68.6 Å². The third kappa shape index (κ3) is 6.86. The van der Waals surface area contributed by atoms with Gasteiger partial charge < -0.3 is 37.3 Å². The maximum Gasteiger partial charge on any atom is 0.326 e. The fourth-order valence-electron chi connectivity index (χ4n) is 1.99. The predicted octanol–water partition coefficient (Wildman–Crippen LogP) is -3.41. The zero-order chi connectivity index (χ0) is 19.7. The van der Waals surface area contributed by atoms with E-state index in [4.69, 9.17) is 11.5 Å². The van der Waals surface area contributed by atoms with Gasteiger partial charge in [-0.15, -0.1) is 0 Å². The molecule has 1 rings (SSSR count). The highest BCUT2D eigenvalue weighted by Crippen LogP contribution is 2.00. The molecule has 0 spiro atoms. The third-order valence-corrected chi connectivity index (χ3v) is 3.45. The summed E-state index contributed by atoms with van der Waals surface area (Å²) in [5.74, 6) is -3.60. The van der Waals surface area contributed by atoms with E-state index in [1.807, 2.05) is 0 Å². The van der Waals surface area contributed by atoms with Crippen LogP contribution in [0.3, 0.4) is 0 Å². The highest BCUT2D eigenvalue weighted by Gasteiger charge is 2.28. The fraction of sp³-hybridized carbons (Fsp3) is 0.500. The Morgan fingerprint density at radius 2 is 1.85 bits per heavy atom.